The molecule has 2 aromatic carbocycles. The van der Waals surface area contributed by atoms with Crippen molar-refractivity contribution in [2.75, 3.05) is 43.8 Å². The van der Waals surface area contributed by atoms with E-state index in [0.717, 1.165) is 42.4 Å². The molecule has 180 valence electrons. The van der Waals surface area contributed by atoms with Crippen molar-refractivity contribution in [2.24, 2.45) is 0 Å². The summed E-state index contributed by atoms with van der Waals surface area (Å²) < 4.78 is 10.6. The number of hydrogen-bond donors (Lipinski definition) is 3. The molecule has 1 fully saturated rings. The topological polar surface area (TPSA) is 101 Å². The van der Waals surface area contributed by atoms with Gasteiger partial charge in [0.05, 0.1) is 25.4 Å². The van der Waals surface area contributed by atoms with Crippen molar-refractivity contribution < 1.29 is 14.3 Å². The molecule has 0 atom stereocenters. The smallest absolute Gasteiger partial charge is 0.319 e. The summed E-state index contributed by atoms with van der Waals surface area (Å²) in [6, 6.07) is 13.4. The van der Waals surface area contributed by atoms with Crippen LogP contribution in [0.5, 0.6) is 11.5 Å². The van der Waals surface area contributed by atoms with Gasteiger partial charge >= 0.3 is 6.03 Å². The van der Waals surface area contributed by atoms with Crippen molar-refractivity contribution in [1.29, 1.82) is 0 Å². The lowest BCUT2D eigenvalue weighted by Crippen LogP contribution is -2.42. The van der Waals surface area contributed by atoms with Crippen molar-refractivity contribution >= 4 is 34.4 Å². The highest BCUT2D eigenvalue weighted by Crippen LogP contribution is 2.29. The van der Waals surface area contributed by atoms with Crippen LogP contribution < -0.4 is 30.3 Å². The van der Waals surface area contributed by atoms with Gasteiger partial charge in [-0.1, -0.05) is 12.1 Å². The third-order valence-corrected chi connectivity index (χ3v) is 6.06. The zero-order chi connectivity index (χ0) is 24.1. The van der Waals surface area contributed by atoms with Crippen molar-refractivity contribution in [3.05, 3.63) is 42.5 Å². The number of methoxy groups -OCH3 is 2. The Morgan fingerprint density at radius 1 is 0.971 bits per heavy atom. The predicted molar refractivity (Wildman–Crippen MR) is 135 cm³/mol. The SMILES string of the molecule is COc1ccc(OC)c(NC(=O)N[C@H]2CC[C@@H](Nc3nc(N(C)C)c4ccccc4n3)CC2)c1. The predicted octanol–water partition coefficient (Wildman–Crippen LogP) is 4.26. The molecule has 0 radical (unpaired) electrons. The van der Waals surface area contributed by atoms with Gasteiger partial charge in [-0.15, -0.1) is 0 Å². The average molecular weight is 465 g/mol. The van der Waals surface area contributed by atoms with Gasteiger partial charge in [-0.05, 0) is 49.9 Å². The summed E-state index contributed by atoms with van der Waals surface area (Å²) in [6.07, 6.45) is 3.57. The zero-order valence-electron chi connectivity index (χ0n) is 20.1. The van der Waals surface area contributed by atoms with Crippen LogP contribution in [0.1, 0.15) is 25.7 Å². The Labute approximate surface area is 199 Å². The minimum atomic E-state index is -0.253. The molecule has 3 aromatic rings. The van der Waals surface area contributed by atoms with E-state index in [1.54, 1.807) is 32.4 Å². The van der Waals surface area contributed by atoms with E-state index in [-0.39, 0.29) is 18.1 Å². The number of ether oxygens (including phenoxy) is 2. The first-order valence-corrected chi connectivity index (χ1v) is 11.5. The molecule has 1 aliphatic rings. The van der Waals surface area contributed by atoms with Crippen LogP contribution >= 0.6 is 0 Å². The number of carbonyl (C=O) groups excluding carboxylic acids is 1. The Kier molecular flexibility index (Phi) is 7.20. The molecule has 9 heteroatoms. The molecule has 0 saturated heterocycles. The van der Waals surface area contributed by atoms with Crippen LogP contribution in [0.4, 0.5) is 22.2 Å². The van der Waals surface area contributed by atoms with Crippen LogP contribution in [0.3, 0.4) is 0 Å². The summed E-state index contributed by atoms with van der Waals surface area (Å²) in [5.41, 5.74) is 1.49. The number of nitrogens with one attached hydrogen (secondary N) is 3. The molecule has 2 amide bonds. The van der Waals surface area contributed by atoms with Gasteiger partial charge < -0.3 is 30.3 Å². The lowest BCUT2D eigenvalue weighted by atomic mass is 9.91. The molecule has 4 rings (SSSR count). The minimum absolute atomic E-state index is 0.101. The third-order valence-electron chi connectivity index (χ3n) is 6.06. The minimum Gasteiger partial charge on any atom is -0.497 e. The quantitative estimate of drug-likeness (QED) is 0.480. The van der Waals surface area contributed by atoms with Gasteiger partial charge in [0, 0.05) is 37.6 Å². The van der Waals surface area contributed by atoms with E-state index < -0.39 is 0 Å². The molecule has 0 bridgehead atoms. The molecular weight excluding hydrogens is 432 g/mol. The maximum absolute atomic E-state index is 12.6. The molecule has 34 heavy (non-hydrogen) atoms. The lowest BCUT2D eigenvalue weighted by Gasteiger charge is -2.30. The number of carbonyl (C=O) groups is 1. The molecule has 0 aliphatic heterocycles. The van der Waals surface area contributed by atoms with Crippen LogP contribution in [-0.2, 0) is 0 Å². The van der Waals surface area contributed by atoms with Crippen molar-refractivity contribution in [3.8, 4) is 11.5 Å². The van der Waals surface area contributed by atoms with Gasteiger partial charge in [0.15, 0.2) is 0 Å². The second-order valence-electron chi connectivity index (χ2n) is 8.64. The summed E-state index contributed by atoms with van der Waals surface area (Å²) in [6.45, 7) is 0. The highest BCUT2D eigenvalue weighted by molar-refractivity contribution is 5.91. The molecule has 9 nitrogen and oxygen atoms in total. The molecule has 1 aliphatic carbocycles. The number of hydrogen-bond acceptors (Lipinski definition) is 7. The van der Waals surface area contributed by atoms with Crippen LogP contribution in [0, 0.1) is 0 Å². The normalized spacial score (nSPS) is 17.6. The Morgan fingerprint density at radius 2 is 1.71 bits per heavy atom. The molecule has 1 heterocycles. The van der Waals surface area contributed by atoms with Gasteiger partial charge in [0.1, 0.15) is 17.3 Å². The monoisotopic (exact) mass is 464 g/mol. The third kappa shape index (κ3) is 5.41. The highest BCUT2D eigenvalue weighted by Gasteiger charge is 2.24. The number of amides is 2. The Bertz CT molecular complexity index is 1140. The van der Waals surface area contributed by atoms with Gasteiger partial charge in [-0.25, -0.2) is 9.78 Å². The van der Waals surface area contributed by atoms with Crippen LogP contribution in [0.25, 0.3) is 10.9 Å². The van der Waals surface area contributed by atoms with Crippen LogP contribution in [0.15, 0.2) is 42.5 Å². The Balaban J connectivity index is 1.33. The number of rotatable bonds is 7. The number of urea groups is 1. The fourth-order valence-corrected chi connectivity index (χ4v) is 4.29. The molecule has 0 spiro atoms. The number of anilines is 3. The standard InChI is InChI=1S/C25H32N6O3/c1-31(2)23-19-7-5-6-8-20(19)28-24(30-23)26-16-9-11-17(12-10-16)27-25(32)29-21-15-18(33-3)13-14-22(21)34-4/h5-8,13-17H,9-12H2,1-4H3,(H,26,28,30)(H2,27,29,32)/t16-,17+. The summed E-state index contributed by atoms with van der Waals surface area (Å²) in [7, 11) is 7.13. The molecule has 1 saturated carbocycles. The highest BCUT2D eigenvalue weighted by atomic mass is 16.5. The summed E-state index contributed by atoms with van der Waals surface area (Å²) >= 11 is 0. The molecule has 3 N–H and O–H groups in total. The summed E-state index contributed by atoms with van der Waals surface area (Å²) in [5, 5.41) is 10.5. The number of nitrogens with zero attached hydrogens (tertiary/aromatic N) is 3. The fourth-order valence-electron chi connectivity index (χ4n) is 4.29. The fraction of sp³-hybridized carbons (Fsp3) is 0.400. The van der Waals surface area contributed by atoms with Crippen molar-refractivity contribution in [3.63, 3.8) is 0 Å². The Morgan fingerprint density at radius 3 is 2.41 bits per heavy atom. The first-order valence-electron chi connectivity index (χ1n) is 11.5. The van der Waals surface area contributed by atoms with E-state index in [0.29, 0.717) is 23.1 Å². The van der Waals surface area contributed by atoms with E-state index in [9.17, 15) is 4.79 Å². The number of fused-ring (bicyclic) bond motifs is 1. The number of para-hydroxylation sites is 1. The van der Waals surface area contributed by atoms with E-state index in [1.165, 1.54) is 0 Å². The van der Waals surface area contributed by atoms with Crippen LogP contribution in [-0.4, -0.2) is 56.4 Å². The maximum atomic E-state index is 12.6. The van der Waals surface area contributed by atoms with E-state index in [4.69, 9.17) is 19.4 Å². The molecule has 0 unspecified atom stereocenters. The average Bonchev–Trinajstić information content (AvgIpc) is 2.84. The number of benzene rings is 2. The number of aromatic nitrogens is 2. The maximum Gasteiger partial charge on any atom is 0.319 e. The largest absolute Gasteiger partial charge is 0.497 e. The van der Waals surface area contributed by atoms with Crippen molar-refractivity contribution in [1.82, 2.24) is 15.3 Å². The Hall–Kier alpha value is -3.75. The van der Waals surface area contributed by atoms with E-state index in [2.05, 4.69) is 16.0 Å². The van der Waals surface area contributed by atoms with Gasteiger partial charge in [-0.3, -0.25) is 0 Å². The summed E-state index contributed by atoms with van der Waals surface area (Å²) in [5.74, 6) is 2.77. The van der Waals surface area contributed by atoms with Crippen LogP contribution in [0.2, 0.25) is 0 Å². The molecule has 1 aromatic heterocycles. The first kappa shape index (κ1) is 23.4. The van der Waals surface area contributed by atoms with Gasteiger partial charge in [-0.2, -0.15) is 4.98 Å². The van der Waals surface area contributed by atoms with E-state index >= 15 is 0 Å². The summed E-state index contributed by atoms with van der Waals surface area (Å²) in [4.78, 5) is 24.0. The van der Waals surface area contributed by atoms with E-state index in [1.807, 2.05) is 43.3 Å². The molecular formula is C25H32N6O3. The first-order chi connectivity index (χ1) is 16.5. The van der Waals surface area contributed by atoms with Gasteiger partial charge in [0.2, 0.25) is 5.95 Å². The van der Waals surface area contributed by atoms with Crippen molar-refractivity contribution in [2.45, 2.75) is 37.8 Å². The second kappa shape index (κ2) is 10.5. The second-order valence-corrected chi connectivity index (χ2v) is 8.64. The lowest BCUT2D eigenvalue weighted by molar-refractivity contribution is 0.243. The van der Waals surface area contributed by atoms with Gasteiger partial charge in [0.25, 0.3) is 0 Å². The zero-order valence-corrected chi connectivity index (χ0v) is 20.1.